The summed E-state index contributed by atoms with van der Waals surface area (Å²) in [6, 6.07) is 8.07. The zero-order chi connectivity index (χ0) is 18.1. The number of hydrogen-bond acceptors (Lipinski definition) is 5. The topological polar surface area (TPSA) is 62.2 Å². The highest BCUT2D eigenvalue weighted by Gasteiger charge is 2.21. The van der Waals surface area contributed by atoms with Crippen molar-refractivity contribution in [3.05, 3.63) is 24.3 Å². The van der Waals surface area contributed by atoms with Crippen molar-refractivity contribution in [1.82, 2.24) is 9.80 Å². The first-order valence-electron chi connectivity index (χ1n) is 9.08. The molecule has 0 aliphatic carbocycles. The molecule has 1 heterocycles. The first kappa shape index (κ1) is 22.5. The van der Waals surface area contributed by atoms with Crippen LogP contribution in [0.4, 0.5) is 0 Å². The highest BCUT2D eigenvalue weighted by molar-refractivity contribution is 5.85. The second-order valence-corrected chi connectivity index (χ2v) is 6.49. The van der Waals surface area contributed by atoms with Crippen LogP contribution in [0.5, 0.6) is 11.5 Å². The van der Waals surface area contributed by atoms with E-state index in [0.717, 1.165) is 50.4 Å². The smallest absolute Gasteiger partial charge is 0.317 e. The first-order chi connectivity index (χ1) is 12.1. The van der Waals surface area contributed by atoms with Crippen molar-refractivity contribution in [2.45, 2.75) is 32.2 Å². The number of halogens is 1. The van der Waals surface area contributed by atoms with Crippen molar-refractivity contribution in [3.8, 4) is 11.5 Å². The van der Waals surface area contributed by atoms with Gasteiger partial charge in [0.25, 0.3) is 0 Å². The minimum absolute atomic E-state index is 0. The van der Waals surface area contributed by atoms with Crippen LogP contribution in [0.15, 0.2) is 24.3 Å². The van der Waals surface area contributed by atoms with Gasteiger partial charge in [0.15, 0.2) is 0 Å². The van der Waals surface area contributed by atoms with Crippen LogP contribution in [0.3, 0.4) is 0 Å². The van der Waals surface area contributed by atoms with E-state index in [1.54, 1.807) is 0 Å². The summed E-state index contributed by atoms with van der Waals surface area (Å²) in [6.45, 7) is 6.33. The normalized spacial score (nSPS) is 18.0. The van der Waals surface area contributed by atoms with Crippen LogP contribution in [0, 0.1) is 0 Å². The molecule has 0 spiro atoms. The van der Waals surface area contributed by atoms with Crippen molar-refractivity contribution in [1.29, 1.82) is 0 Å². The maximum Gasteiger partial charge on any atom is 0.317 e. The molecule has 7 heteroatoms. The highest BCUT2D eigenvalue weighted by Crippen LogP contribution is 2.18. The summed E-state index contributed by atoms with van der Waals surface area (Å²) in [5.41, 5.74) is 0. The van der Waals surface area contributed by atoms with Gasteiger partial charge in [-0.2, -0.15) is 0 Å². The quantitative estimate of drug-likeness (QED) is 0.704. The zero-order valence-electron chi connectivity index (χ0n) is 15.7. The van der Waals surface area contributed by atoms with Gasteiger partial charge in [0.1, 0.15) is 18.1 Å². The Morgan fingerprint density at radius 1 is 1.19 bits per heavy atom. The molecule has 148 valence electrons. The van der Waals surface area contributed by atoms with Gasteiger partial charge in [-0.3, -0.25) is 14.6 Å². The minimum atomic E-state index is -0.757. The van der Waals surface area contributed by atoms with Crippen molar-refractivity contribution in [3.63, 3.8) is 0 Å². The summed E-state index contributed by atoms with van der Waals surface area (Å²) in [6.07, 6.45) is 3.16. The van der Waals surface area contributed by atoms with Crippen LogP contribution < -0.4 is 9.47 Å². The molecule has 0 bridgehead atoms. The molecule has 1 aromatic rings. The molecule has 0 radical (unpaired) electrons. The van der Waals surface area contributed by atoms with Gasteiger partial charge < -0.3 is 14.6 Å². The second-order valence-electron chi connectivity index (χ2n) is 6.49. The first-order valence-corrected chi connectivity index (χ1v) is 9.08. The third kappa shape index (κ3) is 7.81. The molecule has 1 atom stereocenters. The summed E-state index contributed by atoms with van der Waals surface area (Å²) >= 11 is 0. The predicted molar refractivity (Wildman–Crippen MR) is 105 cm³/mol. The Bertz CT molecular complexity index is 527. The van der Waals surface area contributed by atoms with Crippen LogP contribution >= 0.6 is 12.4 Å². The molecule has 0 amide bonds. The Kier molecular flexibility index (Phi) is 10.4. The molecule has 1 aliphatic rings. The van der Waals surface area contributed by atoms with Gasteiger partial charge in [-0.25, -0.2) is 0 Å². The van der Waals surface area contributed by atoms with Crippen molar-refractivity contribution in [2.75, 3.05) is 46.4 Å². The van der Waals surface area contributed by atoms with Crippen LogP contribution in [-0.4, -0.2) is 73.4 Å². The van der Waals surface area contributed by atoms with E-state index in [4.69, 9.17) is 14.6 Å². The Morgan fingerprint density at radius 2 is 1.85 bits per heavy atom. The van der Waals surface area contributed by atoms with Crippen molar-refractivity contribution < 1.29 is 19.4 Å². The molecule has 6 nitrogen and oxygen atoms in total. The number of nitrogens with zero attached hydrogens (tertiary/aromatic N) is 2. The Hall–Kier alpha value is -1.50. The lowest BCUT2D eigenvalue weighted by molar-refractivity contribution is -0.138. The summed E-state index contributed by atoms with van der Waals surface area (Å²) < 4.78 is 11.2. The largest absolute Gasteiger partial charge is 0.494 e. The molecule has 1 aliphatic heterocycles. The summed E-state index contributed by atoms with van der Waals surface area (Å²) in [5.74, 6) is 0.962. The minimum Gasteiger partial charge on any atom is -0.494 e. The number of ether oxygens (including phenoxy) is 2. The Balaban J connectivity index is 0.00000338. The number of likely N-dealkylation sites (tertiary alicyclic amines) is 1. The maximum atomic E-state index is 10.9. The van der Waals surface area contributed by atoms with E-state index in [9.17, 15) is 4.79 Å². The average molecular weight is 387 g/mol. The van der Waals surface area contributed by atoms with Gasteiger partial charge in [-0.15, -0.1) is 12.4 Å². The second kappa shape index (κ2) is 12.0. The van der Waals surface area contributed by atoms with Gasteiger partial charge in [0.05, 0.1) is 13.2 Å². The summed E-state index contributed by atoms with van der Waals surface area (Å²) in [7, 11) is 1.91. The highest BCUT2D eigenvalue weighted by atomic mass is 35.5. The number of likely N-dealkylation sites (N-methyl/N-ethyl adjacent to an activating group) is 1. The van der Waals surface area contributed by atoms with Gasteiger partial charge in [-0.1, -0.05) is 0 Å². The molecule has 1 fully saturated rings. The number of rotatable bonds is 9. The molecule has 1 aromatic carbocycles. The predicted octanol–water partition coefficient (Wildman–Crippen LogP) is 2.76. The van der Waals surface area contributed by atoms with Crippen LogP contribution in [0.1, 0.15) is 26.2 Å². The van der Waals surface area contributed by atoms with E-state index in [0.29, 0.717) is 19.3 Å². The number of benzene rings is 1. The lowest BCUT2D eigenvalue weighted by Crippen LogP contribution is -2.37. The lowest BCUT2D eigenvalue weighted by Gasteiger charge is -2.25. The molecule has 2 rings (SSSR count). The van der Waals surface area contributed by atoms with Gasteiger partial charge >= 0.3 is 5.97 Å². The van der Waals surface area contributed by atoms with E-state index in [-0.39, 0.29) is 19.0 Å². The maximum absolute atomic E-state index is 10.9. The molecular weight excluding hydrogens is 356 g/mol. The number of carboxylic acid groups (broad SMARTS) is 1. The third-order valence-electron chi connectivity index (χ3n) is 4.61. The van der Waals surface area contributed by atoms with E-state index in [2.05, 4.69) is 4.90 Å². The SMILES string of the molecule is CCOc1ccc(OCCN2CCCC(N(C)CC(=O)O)CC2)cc1.Cl. The fourth-order valence-electron chi connectivity index (χ4n) is 3.24. The van der Waals surface area contributed by atoms with Crippen molar-refractivity contribution in [2.24, 2.45) is 0 Å². The van der Waals surface area contributed by atoms with E-state index >= 15 is 0 Å². The average Bonchev–Trinajstić information content (AvgIpc) is 2.82. The Morgan fingerprint density at radius 3 is 2.46 bits per heavy atom. The third-order valence-corrected chi connectivity index (χ3v) is 4.61. The fourth-order valence-corrected chi connectivity index (χ4v) is 3.24. The summed E-state index contributed by atoms with van der Waals surface area (Å²) in [5, 5.41) is 8.93. The standard InChI is InChI=1S/C19H30N2O4.ClH/c1-3-24-17-6-8-18(9-7-17)25-14-13-21-11-4-5-16(10-12-21)20(2)15-19(22)23;/h6-9,16H,3-5,10-15H2,1-2H3,(H,22,23);1H. The molecule has 1 unspecified atom stereocenters. The van der Waals surface area contributed by atoms with Crippen LogP contribution in [-0.2, 0) is 4.79 Å². The number of hydrogen-bond donors (Lipinski definition) is 1. The zero-order valence-corrected chi connectivity index (χ0v) is 16.5. The molecule has 1 saturated heterocycles. The monoisotopic (exact) mass is 386 g/mol. The summed E-state index contributed by atoms with van der Waals surface area (Å²) in [4.78, 5) is 15.2. The Labute approximate surface area is 162 Å². The molecule has 26 heavy (non-hydrogen) atoms. The molecule has 0 aromatic heterocycles. The van der Waals surface area contributed by atoms with Crippen LogP contribution in [0.2, 0.25) is 0 Å². The van der Waals surface area contributed by atoms with Crippen LogP contribution in [0.25, 0.3) is 0 Å². The number of carbonyl (C=O) groups is 1. The molecule has 0 saturated carbocycles. The number of aliphatic carboxylic acids is 1. The van der Waals surface area contributed by atoms with Gasteiger partial charge in [-0.05, 0) is 70.6 Å². The van der Waals surface area contributed by atoms with Crippen molar-refractivity contribution >= 4 is 18.4 Å². The lowest BCUT2D eigenvalue weighted by atomic mass is 10.1. The van der Waals surface area contributed by atoms with E-state index in [1.165, 1.54) is 0 Å². The number of carboxylic acids is 1. The van der Waals surface area contributed by atoms with E-state index in [1.807, 2.05) is 43.1 Å². The molecule has 1 N–H and O–H groups in total. The van der Waals surface area contributed by atoms with E-state index < -0.39 is 5.97 Å². The fraction of sp³-hybridized carbons (Fsp3) is 0.632. The van der Waals surface area contributed by atoms with Gasteiger partial charge in [0, 0.05) is 12.6 Å². The van der Waals surface area contributed by atoms with Gasteiger partial charge in [0.2, 0.25) is 0 Å². The molecular formula is C19H31ClN2O4.